The van der Waals surface area contributed by atoms with Crippen molar-refractivity contribution in [3.05, 3.63) is 29.0 Å². The summed E-state index contributed by atoms with van der Waals surface area (Å²) in [4.78, 5) is 11.7. The minimum absolute atomic E-state index is 0.0227. The van der Waals surface area contributed by atoms with Crippen LogP contribution in [0, 0.1) is 11.7 Å². The number of halogens is 2. The Bertz CT molecular complexity index is 409. The maximum Gasteiger partial charge on any atom is 0.241 e. The Balaban J connectivity index is 2.64. The van der Waals surface area contributed by atoms with Crippen LogP contribution in [0.2, 0.25) is 5.02 Å². The van der Waals surface area contributed by atoms with E-state index in [1.807, 2.05) is 13.8 Å². The maximum absolute atomic E-state index is 13.1. The molecule has 3 nitrogen and oxygen atoms in total. The lowest BCUT2D eigenvalue weighted by molar-refractivity contribution is -0.117. The van der Waals surface area contributed by atoms with E-state index in [0.29, 0.717) is 18.0 Å². The average Bonchev–Trinajstić information content (AvgIpc) is 2.22. The Hall–Kier alpha value is -1.13. The van der Waals surface area contributed by atoms with Crippen LogP contribution in [0.25, 0.3) is 0 Å². The van der Waals surface area contributed by atoms with E-state index in [4.69, 9.17) is 17.3 Å². The van der Waals surface area contributed by atoms with Crippen molar-refractivity contribution in [1.29, 1.82) is 0 Å². The van der Waals surface area contributed by atoms with Crippen LogP contribution < -0.4 is 11.1 Å². The molecule has 0 aliphatic carbocycles. The molecule has 17 heavy (non-hydrogen) atoms. The third-order valence-corrected chi connectivity index (χ3v) is 2.56. The first kappa shape index (κ1) is 13.9. The average molecular weight is 259 g/mol. The topological polar surface area (TPSA) is 55.1 Å². The summed E-state index contributed by atoms with van der Waals surface area (Å²) < 4.78 is 13.1. The van der Waals surface area contributed by atoms with E-state index in [0.717, 1.165) is 0 Å². The van der Waals surface area contributed by atoms with Crippen LogP contribution in [0.15, 0.2) is 18.2 Å². The zero-order valence-corrected chi connectivity index (χ0v) is 10.6. The van der Waals surface area contributed by atoms with Crippen LogP contribution in [0.1, 0.15) is 20.3 Å². The predicted octanol–water partition coefficient (Wildman–Crippen LogP) is 2.79. The van der Waals surface area contributed by atoms with E-state index < -0.39 is 11.9 Å². The second-order valence-electron chi connectivity index (χ2n) is 4.35. The van der Waals surface area contributed by atoms with Gasteiger partial charge >= 0.3 is 0 Å². The molecule has 0 unspecified atom stereocenters. The molecule has 94 valence electrons. The van der Waals surface area contributed by atoms with Gasteiger partial charge in [0.05, 0.1) is 11.1 Å². The molecule has 0 saturated heterocycles. The molecule has 0 saturated carbocycles. The summed E-state index contributed by atoms with van der Waals surface area (Å²) in [6, 6.07) is 3.50. The predicted molar refractivity (Wildman–Crippen MR) is 67.5 cm³/mol. The highest BCUT2D eigenvalue weighted by atomic mass is 35.5. The summed E-state index contributed by atoms with van der Waals surface area (Å²) in [5.74, 6) is -0.556. The summed E-state index contributed by atoms with van der Waals surface area (Å²) >= 11 is 5.54. The van der Waals surface area contributed by atoms with Crippen LogP contribution in [0.4, 0.5) is 10.1 Å². The van der Waals surface area contributed by atoms with Gasteiger partial charge in [0.15, 0.2) is 0 Å². The van der Waals surface area contributed by atoms with E-state index in [2.05, 4.69) is 5.32 Å². The highest BCUT2D eigenvalue weighted by Crippen LogP contribution is 2.19. The Morgan fingerprint density at radius 1 is 1.53 bits per heavy atom. The molecule has 1 aromatic carbocycles. The van der Waals surface area contributed by atoms with Gasteiger partial charge in [0.25, 0.3) is 0 Å². The van der Waals surface area contributed by atoms with Crippen LogP contribution in [0.3, 0.4) is 0 Å². The van der Waals surface area contributed by atoms with Gasteiger partial charge in [-0.15, -0.1) is 0 Å². The number of nitrogens with two attached hydrogens (primary N) is 1. The number of carbonyl (C=O) groups is 1. The van der Waals surface area contributed by atoms with E-state index in [1.54, 1.807) is 0 Å². The van der Waals surface area contributed by atoms with Gasteiger partial charge in [0.1, 0.15) is 5.82 Å². The minimum Gasteiger partial charge on any atom is -0.325 e. The summed E-state index contributed by atoms with van der Waals surface area (Å²) in [5, 5.41) is 2.58. The van der Waals surface area contributed by atoms with Gasteiger partial charge in [-0.3, -0.25) is 4.79 Å². The van der Waals surface area contributed by atoms with Gasteiger partial charge in [-0.25, -0.2) is 4.39 Å². The molecule has 0 radical (unpaired) electrons. The summed E-state index contributed by atoms with van der Waals surface area (Å²) in [7, 11) is 0. The van der Waals surface area contributed by atoms with Crippen molar-refractivity contribution in [3.63, 3.8) is 0 Å². The second kappa shape index (κ2) is 5.98. The van der Waals surface area contributed by atoms with Gasteiger partial charge in [-0.1, -0.05) is 25.4 Å². The first-order valence-electron chi connectivity index (χ1n) is 5.41. The Labute approximate surface area is 105 Å². The molecule has 1 atom stereocenters. The number of anilines is 1. The van der Waals surface area contributed by atoms with Crippen molar-refractivity contribution in [2.75, 3.05) is 5.32 Å². The molecular formula is C12H16ClFN2O. The van der Waals surface area contributed by atoms with Crippen molar-refractivity contribution >= 4 is 23.2 Å². The molecule has 5 heteroatoms. The largest absolute Gasteiger partial charge is 0.325 e. The van der Waals surface area contributed by atoms with Gasteiger partial charge < -0.3 is 11.1 Å². The van der Waals surface area contributed by atoms with Crippen molar-refractivity contribution in [3.8, 4) is 0 Å². The van der Waals surface area contributed by atoms with Gasteiger partial charge in [0, 0.05) is 5.69 Å². The fourth-order valence-corrected chi connectivity index (χ4v) is 1.54. The molecular weight excluding hydrogens is 243 g/mol. The second-order valence-corrected chi connectivity index (χ2v) is 4.76. The quantitative estimate of drug-likeness (QED) is 0.873. The molecule has 0 aromatic heterocycles. The van der Waals surface area contributed by atoms with Crippen molar-refractivity contribution in [1.82, 2.24) is 0 Å². The van der Waals surface area contributed by atoms with Crippen LogP contribution in [-0.4, -0.2) is 11.9 Å². The zero-order chi connectivity index (χ0) is 13.0. The first-order valence-corrected chi connectivity index (χ1v) is 5.79. The molecule has 0 aliphatic heterocycles. The lowest BCUT2D eigenvalue weighted by Gasteiger charge is -2.14. The zero-order valence-electron chi connectivity index (χ0n) is 9.84. The number of nitrogens with one attached hydrogen (secondary N) is 1. The molecule has 0 aliphatic rings. The molecule has 0 bridgehead atoms. The van der Waals surface area contributed by atoms with E-state index in [9.17, 15) is 9.18 Å². The summed E-state index contributed by atoms with van der Waals surface area (Å²) in [5.41, 5.74) is 6.06. The van der Waals surface area contributed by atoms with Gasteiger partial charge in [-0.2, -0.15) is 0 Å². The molecule has 1 rings (SSSR count). The van der Waals surface area contributed by atoms with Crippen molar-refractivity contribution < 1.29 is 9.18 Å². The smallest absolute Gasteiger partial charge is 0.241 e. The molecule has 0 fully saturated rings. The minimum atomic E-state index is -0.589. The SMILES string of the molecule is CC(C)C[C@H](N)C(=O)Nc1ccc(Cl)c(F)c1. The molecule has 3 N–H and O–H groups in total. The number of amides is 1. The maximum atomic E-state index is 13.1. The molecule has 1 amide bonds. The summed E-state index contributed by atoms with van der Waals surface area (Å²) in [6.45, 7) is 3.96. The van der Waals surface area contributed by atoms with Crippen LogP contribution in [-0.2, 0) is 4.79 Å². The molecule has 0 heterocycles. The van der Waals surface area contributed by atoms with E-state index >= 15 is 0 Å². The lowest BCUT2D eigenvalue weighted by atomic mass is 10.0. The number of hydrogen-bond acceptors (Lipinski definition) is 2. The lowest BCUT2D eigenvalue weighted by Crippen LogP contribution is -2.36. The van der Waals surface area contributed by atoms with Crippen LogP contribution in [0.5, 0.6) is 0 Å². The van der Waals surface area contributed by atoms with E-state index in [1.165, 1.54) is 18.2 Å². The highest BCUT2D eigenvalue weighted by molar-refractivity contribution is 6.30. The highest BCUT2D eigenvalue weighted by Gasteiger charge is 2.15. The standard InChI is InChI=1S/C12H16ClFN2O/c1-7(2)5-11(15)12(17)16-8-3-4-9(13)10(14)6-8/h3-4,6-7,11H,5,15H2,1-2H3,(H,16,17)/t11-/m0/s1. The first-order chi connectivity index (χ1) is 7.90. The van der Waals surface area contributed by atoms with E-state index in [-0.39, 0.29) is 10.9 Å². The number of hydrogen-bond donors (Lipinski definition) is 2. The van der Waals surface area contributed by atoms with Gasteiger partial charge in [-0.05, 0) is 30.5 Å². The Kier molecular flexibility index (Phi) is 4.90. The summed E-state index contributed by atoms with van der Waals surface area (Å²) in [6.07, 6.45) is 0.585. The Morgan fingerprint density at radius 2 is 2.18 bits per heavy atom. The fraction of sp³-hybridized carbons (Fsp3) is 0.417. The van der Waals surface area contributed by atoms with Crippen molar-refractivity contribution in [2.45, 2.75) is 26.3 Å². The Morgan fingerprint density at radius 3 is 2.71 bits per heavy atom. The molecule has 1 aromatic rings. The van der Waals surface area contributed by atoms with Crippen molar-refractivity contribution in [2.24, 2.45) is 11.7 Å². The third-order valence-electron chi connectivity index (χ3n) is 2.25. The number of rotatable bonds is 4. The molecule has 0 spiro atoms. The number of benzene rings is 1. The third kappa shape index (κ3) is 4.32. The van der Waals surface area contributed by atoms with Crippen LogP contribution >= 0.6 is 11.6 Å². The monoisotopic (exact) mass is 258 g/mol. The normalized spacial score (nSPS) is 12.6. The fourth-order valence-electron chi connectivity index (χ4n) is 1.42. The number of carbonyl (C=O) groups excluding carboxylic acids is 1. The van der Waals surface area contributed by atoms with Gasteiger partial charge in [0.2, 0.25) is 5.91 Å².